The summed E-state index contributed by atoms with van der Waals surface area (Å²) in [6, 6.07) is 4.21. The Morgan fingerprint density at radius 1 is 1.30 bits per heavy atom. The molecule has 1 aromatic rings. The molecule has 2 aliphatic rings. The van der Waals surface area contributed by atoms with Crippen molar-refractivity contribution < 1.29 is 19.1 Å². The van der Waals surface area contributed by atoms with Crippen LogP contribution in [-0.2, 0) is 9.53 Å². The first-order valence-electron chi connectivity index (χ1n) is 9.47. The summed E-state index contributed by atoms with van der Waals surface area (Å²) in [7, 11) is 0. The first-order valence-corrected chi connectivity index (χ1v) is 9.47. The fourth-order valence-electron chi connectivity index (χ4n) is 3.07. The van der Waals surface area contributed by atoms with Crippen LogP contribution >= 0.6 is 0 Å². The molecule has 3 rings (SSSR count). The van der Waals surface area contributed by atoms with Gasteiger partial charge in [-0.25, -0.2) is 0 Å². The van der Waals surface area contributed by atoms with Crippen LogP contribution in [0.4, 0.5) is 0 Å². The van der Waals surface area contributed by atoms with Crippen molar-refractivity contribution in [1.29, 1.82) is 0 Å². The number of hydrogen-bond donors (Lipinski definition) is 3. The van der Waals surface area contributed by atoms with E-state index in [4.69, 9.17) is 20.9 Å². The molecule has 1 aliphatic heterocycles. The van der Waals surface area contributed by atoms with Crippen molar-refractivity contribution in [2.24, 2.45) is 11.5 Å². The molecule has 1 saturated carbocycles. The van der Waals surface area contributed by atoms with Gasteiger partial charge >= 0.3 is 0 Å². The van der Waals surface area contributed by atoms with E-state index in [1.54, 1.807) is 18.2 Å². The smallest absolute Gasteiger partial charge is 0.249 e. The number of hydrogen-bond acceptors (Lipinski definition) is 6. The third-order valence-electron chi connectivity index (χ3n) is 4.82. The lowest BCUT2D eigenvalue weighted by atomic mass is 9.99. The first-order chi connectivity index (χ1) is 13.0. The summed E-state index contributed by atoms with van der Waals surface area (Å²) >= 11 is 0. The summed E-state index contributed by atoms with van der Waals surface area (Å²) in [5.74, 6) is -0.373. The molecule has 1 aromatic carbocycles. The maximum atomic E-state index is 12.2. The lowest BCUT2D eigenvalue weighted by molar-refractivity contribution is -0.122. The first kappa shape index (κ1) is 19.6. The van der Waals surface area contributed by atoms with Crippen LogP contribution in [0.15, 0.2) is 18.2 Å². The minimum Gasteiger partial charge on any atom is -0.494 e. The largest absolute Gasteiger partial charge is 0.494 e. The number of ether oxygens (including phenoxy) is 2. The normalized spacial score (nSPS) is 18.7. The zero-order valence-electron chi connectivity index (χ0n) is 15.5. The van der Waals surface area contributed by atoms with Crippen molar-refractivity contribution in [1.82, 2.24) is 10.2 Å². The molecule has 1 atom stereocenters. The second-order valence-electron chi connectivity index (χ2n) is 7.03. The van der Waals surface area contributed by atoms with Crippen LogP contribution in [0.2, 0.25) is 0 Å². The summed E-state index contributed by atoms with van der Waals surface area (Å²) in [5, 5.41) is 2.85. The number of carbonyl (C=O) groups excluding carboxylic acids is 2. The summed E-state index contributed by atoms with van der Waals surface area (Å²) in [5.41, 5.74) is 12.2. The molecule has 8 nitrogen and oxygen atoms in total. The van der Waals surface area contributed by atoms with Gasteiger partial charge in [-0.2, -0.15) is 0 Å². The predicted octanol–water partition coefficient (Wildman–Crippen LogP) is 0.165. The standard InChI is InChI=1S/C19H28N4O4/c20-17(19(25)22-13-2-3-13)15-5-4-14(12-16(15)18(21)24)27-9-1-6-23-7-10-26-11-8-23/h4-5,12-13,17H,1-3,6-11,20H2,(H2,21,24)(H,22,25). The van der Waals surface area contributed by atoms with Crippen LogP contribution in [0.1, 0.15) is 41.2 Å². The highest BCUT2D eigenvalue weighted by Crippen LogP contribution is 2.24. The van der Waals surface area contributed by atoms with E-state index in [0.29, 0.717) is 17.9 Å². The average molecular weight is 376 g/mol. The maximum absolute atomic E-state index is 12.2. The number of benzene rings is 1. The van der Waals surface area contributed by atoms with Gasteiger partial charge in [0.25, 0.3) is 0 Å². The summed E-state index contributed by atoms with van der Waals surface area (Å²) in [4.78, 5) is 26.4. The fourth-order valence-corrected chi connectivity index (χ4v) is 3.07. The molecule has 1 saturated heterocycles. The highest BCUT2D eigenvalue weighted by Gasteiger charge is 2.28. The molecule has 148 valence electrons. The van der Waals surface area contributed by atoms with E-state index in [1.807, 2.05) is 0 Å². The summed E-state index contributed by atoms with van der Waals surface area (Å²) in [6.45, 7) is 4.92. The van der Waals surface area contributed by atoms with Gasteiger partial charge in [0.15, 0.2) is 0 Å². The summed E-state index contributed by atoms with van der Waals surface area (Å²) < 4.78 is 11.1. The molecule has 2 amide bonds. The van der Waals surface area contributed by atoms with Crippen molar-refractivity contribution in [3.05, 3.63) is 29.3 Å². The minimum atomic E-state index is -0.927. The van der Waals surface area contributed by atoms with Gasteiger partial charge in [0, 0.05) is 31.2 Å². The highest BCUT2D eigenvalue weighted by atomic mass is 16.5. The molecule has 5 N–H and O–H groups in total. The molecule has 8 heteroatoms. The van der Waals surface area contributed by atoms with Gasteiger partial charge in [-0.05, 0) is 37.0 Å². The number of morpholine rings is 1. The van der Waals surface area contributed by atoms with Crippen LogP contribution in [-0.4, -0.2) is 62.2 Å². The molecule has 1 aliphatic carbocycles. The number of nitrogens with one attached hydrogen (secondary N) is 1. The average Bonchev–Trinajstić information content (AvgIpc) is 3.49. The number of rotatable bonds is 9. The molecule has 27 heavy (non-hydrogen) atoms. The Hall–Kier alpha value is -2.16. The van der Waals surface area contributed by atoms with E-state index in [-0.39, 0.29) is 17.5 Å². The second-order valence-corrected chi connectivity index (χ2v) is 7.03. The Labute approximate surface area is 159 Å². The lowest BCUT2D eigenvalue weighted by Crippen LogP contribution is -2.37. The van der Waals surface area contributed by atoms with Crippen LogP contribution < -0.4 is 21.5 Å². The second kappa shape index (κ2) is 9.16. The minimum absolute atomic E-state index is 0.203. The Kier molecular flexibility index (Phi) is 6.65. The Bertz CT molecular complexity index is 672. The van der Waals surface area contributed by atoms with Gasteiger partial charge in [0.05, 0.1) is 19.8 Å². The zero-order chi connectivity index (χ0) is 19.2. The summed E-state index contributed by atoms with van der Waals surface area (Å²) in [6.07, 6.45) is 2.81. The quantitative estimate of drug-likeness (QED) is 0.528. The van der Waals surface area contributed by atoms with E-state index >= 15 is 0 Å². The topological polar surface area (TPSA) is 120 Å². The molecular weight excluding hydrogens is 348 g/mol. The molecule has 0 aromatic heterocycles. The van der Waals surface area contributed by atoms with E-state index in [2.05, 4.69) is 10.2 Å². The molecule has 1 unspecified atom stereocenters. The molecule has 0 bridgehead atoms. The monoisotopic (exact) mass is 376 g/mol. The number of nitrogens with two attached hydrogens (primary N) is 2. The van der Waals surface area contributed by atoms with E-state index in [9.17, 15) is 9.59 Å². The number of amides is 2. The van der Waals surface area contributed by atoms with Crippen molar-refractivity contribution in [3.8, 4) is 5.75 Å². The Balaban J connectivity index is 1.55. The van der Waals surface area contributed by atoms with Gasteiger partial charge in [-0.1, -0.05) is 6.07 Å². The van der Waals surface area contributed by atoms with E-state index < -0.39 is 11.9 Å². The lowest BCUT2D eigenvalue weighted by Gasteiger charge is -2.26. The number of primary amides is 1. The van der Waals surface area contributed by atoms with Crippen LogP contribution in [0.3, 0.4) is 0 Å². The van der Waals surface area contributed by atoms with Crippen molar-refractivity contribution in [2.45, 2.75) is 31.3 Å². The van der Waals surface area contributed by atoms with Crippen molar-refractivity contribution in [3.63, 3.8) is 0 Å². The highest BCUT2D eigenvalue weighted by molar-refractivity contribution is 5.97. The van der Waals surface area contributed by atoms with Crippen LogP contribution in [0.5, 0.6) is 5.75 Å². The van der Waals surface area contributed by atoms with E-state index in [0.717, 1.165) is 52.1 Å². The fraction of sp³-hybridized carbons (Fsp3) is 0.579. The van der Waals surface area contributed by atoms with Gasteiger partial charge in [0.1, 0.15) is 11.8 Å². The number of nitrogens with zero attached hydrogens (tertiary/aromatic N) is 1. The Morgan fingerprint density at radius 2 is 2.04 bits per heavy atom. The molecule has 2 fully saturated rings. The predicted molar refractivity (Wildman–Crippen MR) is 100 cm³/mol. The van der Waals surface area contributed by atoms with Crippen molar-refractivity contribution >= 4 is 11.8 Å². The van der Waals surface area contributed by atoms with Gasteiger partial charge in [-0.15, -0.1) is 0 Å². The SMILES string of the molecule is NC(=O)c1cc(OCCCN2CCOCC2)ccc1C(N)C(=O)NC1CC1. The van der Waals surface area contributed by atoms with Crippen LogP contribution in [0, 0.1) is 0 Å². The van der Waals surface area contributed by atoms with Crippen molar-refractivity contribution in [2.75, 3.05) is 39.5 Å². The molecule has 0 radical (unpaired) electrons. The Morgan fingerprint density at radius 3 is 2.70 bits per heavy atom. The third kappa shape index (κ3) is 5.66. The maximum Gasteiger partial charge on any atom is 0.249 e. The molecule has 0 spiro atoms. The number of carbonyl (C=O) groups is 2. The van der Waals surface area contributed by atoms with E-state index in [1.165, 1.54) is 0 Å². The zero-order valence-corrected chi connectivity index (χ0v) is 15.5. The third-order valence-corrected chi connectivity index (χ3v) is 4.82. The van der Waals surface area contributed by atoms with Crippen LogP contribution in [0.25, 0.3) is 0 Å². The van der Waals surface area contributed by atoms with Gasteiger partial charge in [-0.3, -0.25) is 14.5 Å². The van der Waals surface area contributed by atoms with Gasteiger partial charge < -0.3 is 26.3 Å². The molecule has 1 heterocycles. The molecular formula is C19H28N4O4. The van der Waals surface area contributed by atoms with Gasteiger partial charge in [0.2, 0.25) is 11.8 Å².